The number of aryl methyl sites for hydroxylation is 2. The molecule has 1 amide bonds. The number of benzene rings is 1. The molecule has 2 aromatic rings. The van der Waals surface area contributed by atoms with E-state index in [0.29, 0.717) is 10.8 Å². The first-order chi connectivity index (χ1) is 11.2. The fourth-order valence-electron chi connectivity index (χ4n) is 2.11. The lowest BCUT2D eigenvalue weighted by molar-refractivity contribution is -0.134. The first-order valence-corrected chi connectivity index (χ1v) is 7.87. The first kappa shape index (κ1) is 18.0. The van der Waals surface area contributed by atoms with Gasteiger partial charge >= 0.3 is 0 Å². The third-order valence-corrected chi connectivity index (χ3v) is 3.91. The molecule has 0 unspecified atom stereocenters. The van der Waals surface area contributed by atoms with Crippen LogP contribution in [0.5, 0.6) is 5.75 Å². The summed E-state index contributed by atoms with van der Waals surface area (Å²) in [6.45, 7) is 7.18. The van der Waals surface area contributed by atoms with Gasteiger partial charge in [-0.2, -0.15) is 10.2 Å². The van der Waals surface area contributed by atoms with E-state index in [1.54, 1.807) is 49.0 Å². The summed E-state index contributed by atoms with van der Waals surface area (Å²) in [4.78, 5) is 12.3. The Bertz CT molecular complexity index is 764. The van der Waals surface area contributed by atoms with Crippen LogP contribution in [0, 0.1) is 13.8 Å². The maximum atomic E-state index is 12.3. The molecule has 0 aliphatic heterocycles. The number of amides is 1. The number of carbonyl (C=O) groups is 1. The van der Waals surface area contributed by atoms with E-state index in [2.05, 4.69) is 15.6 Å². The van der Waals surface area contributed by atoms with Crippen LogP contribution in [0.15, 0.2) is 29.4 Å². The Morgan fingerprint density at radius 1 is 1.33 bits per heavy atom. The van der Waals surface area contributed by atoms with Crippen molar-refractivity contribution in [2.45, 2.75) is 33.3 Å². The zero-order valence-corrected chi connectivity index (χ0v) is 15.2. The topological polar surface area (TPSA) is 68.5 Å². The maximum absolute atomic E-state index is 12.3. The average molecular weight is 349 g/mol. The molecule has 1 heterocycles. The number of nitrogens with one attached hydrogen (secondary N) is 1. The van der Waals surface area contributed by atoms with Gasteiger partial charge in [-0.15, -0.1) is 0 Å². The molecule has 0 saturated heterocycles. The lowest BCUT2D eigenvalue weighted by Crippen LogP contribution is -2.44. The Kier molecular flexibility index (Phi) is 5.29. The monoisotopic (exact) mass is 348 g/mol. The van der Waals surface area contributed by atoms with E-state index in [0.717, 1.165) is 17.0 Å². The van der Waals surface area contributed by atoms with Gasteiger partial charge in [-0.3, -0.25) is 9.48 Å². The molecule has 24 heavy (non-hydrogen) atoms. The van der Waals surface area contributed by atoms with Gasteiger partial charge < -0.3 is 4.74 Å². The molecule has 6 nitrogen and oxygen atoms in total. The van der Waals surface area contributed by atoms with Crippen molar-refractivity contribution in [2.24, 2.45) is 12.1 Å². The summed E-state index contributed by atoms with van der Waals surface area (Å²) in [6.07, 6.45) is 1.59. The lowest BCUT2D eigenvalue weighted by Gasteiger charge is -2.24. The molecule has 0 spiro atoms. The number of nitrogens with zero attached hydrogens (tertiary/aromatic N) is 3. The smallest absolute Gasteiger partial charge is 0.283 e. The van der Waals surface area contributed by atoms with Crippen molar-refractivity contribution in [1.29, 1.82) is 0 Å². The molecule has 0 atom stereocenters. The molecular weight excluding hydrogens is 328 g/mol. The number of halogens is 1. The minimum absolute atomic E-state index is 0.354. The quantitative estimate of drug-likeness (QED) is 0.667. The predicted octanol–water partition coefficient (Wildman–Crippen LogP) is 3.00. The molecule has 0 saturated carbocycles. The van der Waals surface area contributed by atoms with Gasteiger partial charge in [-0.05, 0) is 52.0 Å². The largest absolute Gasteiger partial charge is 0.478 e. The fraction of sp³-hybridized carbons (Fsp3) is 0.353. The van der Waals surface area contributed by atoms with Gasteiger partial charge in [-0.1, -0.05) is 11.6 Å². The zero-order chi connectivity index (χ0) is 17.9. The third kappa shape index (κ3) is 4.14. The van der Waals surface area contributed by atoms with E-state index in [4.69, 9.17) is 16.3 Å². The van der Waals surface area contributed by atoms with Crippen molar-refractivity contribution in [3.05, 3.63) is 46.2 Å². The van der Waals surface area contributed by atoms with Crippen molar-refractivity contribution >= 4 is 23.7 Å². The number of hydrazone groups is 1. The molecule has 128 valence electrons. The molecule has 1 N–H and O–H groups in total. The number of hydrogen-bond donors (Lipinski definition) is 1. The fourth-order valence-corrected chi connectivity index (χ4v) is 2.24. The van der Waals surface area contributed by atoms with E-state index in [1.165, 1.54) is 0 Å². The molecular formula is C17H21ClN4O2. The highest BCUT2D eigenvalue weighted by Gasteiger charge is 2.29. The second-order valence-electron chi connectivity index (χ2n) is 5.97. The summed E-state index contributed by atoms with van der Waals surface area (Å²) in [5, 5.41) is 8.92. The van der Waals surface area contributed by atoms with Gasteiger partial charge in [0.2, 0.25) is 0 Å². The van der Waals surface area contributed by atoms with Crippen molar-refractivity contribution in [2.75, 3.05) is 0 Å². The predicted molar refractivity (Wildman–Crippen MR) is 94.6 cm³/mol. The molecule has 0 radical (unpaired) electrons. The molecule has 1 aromatic carbocycles. The molecule has 0 aliphatic carbocycles. The van der Waals surface area contributed by atoms with Crippen molar-refractivity contribution in [1.82, 2.24) is 15.2 Å². The van der Waals surface area contributed by atoms with Crippen LogP contribution in [0.25, 0.3) is 0 Å². The SMILES string of the molecule is Cc1nn(C)c(C)c1C=NNC(=O)C(C)(C)Oc1ccc(Cl)cc1. The highest BCUT2D eigenvalue weighted by Crippen LogP contribution is 2.21. The van der Waals surface area contributed by atoms with Gasteiger partial charge in [0.15, 0.2) is 5.60 Å². The van der Waals surface area contributed by atoms with Crippen LogP contribution < -0.4 is 10.2 Å². The van der Waals surface area contributed by atoms with E-state index in [1.807, 2.05) is 20.9 Å². The Morgan fingerprint density at radius 2 is 1.96 bits per heavy atom. The summed E-state index contributed by atoms with van der Waals surface area (Å²) in [5.74, 6) is 0.204. The molecule has 0 fully saturated rings. The van der Waals surface area contributed by atoms with Gasteiger partial charge in [0, 0.05) is 23.3 Å². The summed E-state index contributed by atoms with van der Waals surface area (Å²) >= 11 is 5.84. The van der Waals surface area contributed by atoms with Crippen LogP contribution in [0.3, 0.4) is 0 Å². The molecule has 0 aliphatic rings. The maximum Gasteiger partial charge on any atom is 0.283 e. The van der Waals surface area contributed by atoms with E-state index >= 15 is 0 Å². The Balaban J connectivity index is 2.02. The highest BCUT2D eigenvalue weighted by atomic mass is 35.5. The summed E-state index contributed by atoms with van der Waals surface area (Å²) in [5.41, 5.74) is 4.14. The number of ether oxygens (including phenoxy) is 1. The Labute approximate surface area is 146 Å². The summed E-state index contributed by atoms with van der Waals surface area (Å²) in [6, 6.07) is 6.83. The van der Waals surface area contributed by atoms with Crippen molar-refractivity contribution < 1.29 is 9.53 Å². The van der Waals surface area contributed by atoms with E-state index in [9.17, 15) is 4.79 Å². The average Bonchev–Trinajstić information content (AvgIpc) is 2.75. The minimum atomic E-state index is -1.08. The summed E-state index contributed by atoms with van der Waals surface area (Å²) in [7, 11) is 1.86. The molecule has 7 heteroatoms. The Hall–Kier alpha value is -2.34. The van der Waals surface area contributed by atoms with Crippen LogP contribution in [-0.4, -0.2) is 27.5 Å². The van der Waals surface area contributed by atoms with Crippen LogP contribution in [-0.2, 0) is 11.8 Å². The number of carbonyl (C=O) groups excluding carboxylic acids is 1. The van der Waals surface area contributed by atoms with Crippen LogP contribution >= 0.6 is 11.6 Å². The van der Waals surface area contributed by atoms with Crippen LogP contribution in [0.1, 0.15) is 30.8 Å². The van der Waals surface area contributed by atoms with Gasteiger partial charge in [0.25, 0.3) is 5.91 Å². The van der Waals surface area contributed by atoms with E-state index in [-0.39, 0.29) is 5.91 Å². The standard InChI is InChI=1S/C17H21ClN4O2/c1-11-15(12(2)22(5)21-11)10-19-20-16(23)17(3,4)24-14-8-6-13(18)7-9-14/h6-10H,1-5H3,(H,20,23). The lowest BCUT2D eigenvalue weighted by atomic mass is 10.1. The second kappa shape index (κ2) is 7.05. The van der Waals surface area contributed by atoms with Crippen molar-refractivity contribution in [3.63, 3.8) is 0 Å². The number of rotatable bonds is 5. The van der Waals surface area contributed by atoms with Crippen LogP contribution in [0.2, 0.25) is 5.02 Å². The molecule has 1 aromatic heterocycles. The molecule has 0 bridgehead atoms. The highest BCUT2D eigenvalue weighted by molar-refractivity contribution is 6.30. The van der Waals surface area contributed by atoms with Gasteiger partial charge in [0.1, 0.15) is 5.75 Å². The normalized spacial score (nSPS) is 11.8. The first-order valence-electron chi connectivity index (χ1n) is 7.49. The zero-order valence-electron chi connectivity index (χ0n) is 14.4. The Morgan fingerprint density at radius 3 is 2.50 bits per heavy atom. The van der Waals surface area contributed by atoms with E-state index < -0.39 is 5.60 Å². The van der Waals surface area contributed by atoms with Gasteiger partial charge in [-0.25, -0.2) is 5.43 Å². The third-order valence-electron chi connectivity index (χ3n) is 3.66. The number of hydrogen-bond acceptors (Lipinski definition) is 4. The minimum Gasteiger partial charge on any atom is -0.478 e. The van der Waals surface area contributed by atoms with Crippen molar-refractivity contribution in [3.8, 4) is 5.75 Å². The van der Waals surface area contributed by atoms with Gasteiger partial charge in [0.05, 0.1) is 11.9 Å². The molecule has 2 rings (SSSR count). The summed E-state index contributed by atoms with van der Waals surface area (Å²) < 4.78 is 7.48. The second-order valence-corrected chi connectivity index (χ2v) is 6.41. The van der Waals surface area contributed by atoms with Crippen LogP contribution in [0.4, 0.5) is 0 Å². The number of aromatic nitrogens is 2.